The highest BCUT2D eigenvalue weighted by molar-refractivity contribution is 5.76. The molecule has 2 aliphatic rings. The monoisotopic (exact) mass is 310 g/mol. The van der Waals surface area contributed by atoms with Crippen LogP contribution in [0.1, 0.15) is 65.2 Å². The van der Waals surface area contributed by atoms with Crippen LogP contribution in [0.25, 0.3) is 0 Å². The van der Waals surface area contributed by atoms with Gasteiger partial charge in [-0.15, -0.1) is 0 Å². The number of hydrogen-bond acceptors (Lipinski definition) is 3. The molecule has 2 fully saturated rings. The van der Waals surface area contributed by atoms with Crippen LogP contribution < -0.4 is 5.32 Å². The van der Waals surface area contributed by atoms with Gasteiger partial charge in [-0.05, 0) is 50.5 Å². The topological polar surface area (TPSA) is 52.6 Å². The first-order chi connectivity index (χ1) is 10.6. The number of nitrogens with zero attached hydrogens (tertiary/aromatic N) is 1. The summed E-state index contributed by atoms with van der Waals surface area (Å²) in [4.78, 5) is 14.1. The Kier molecular flexibility index (Phi) is 7.16. The molecule has 1 aliphatic heterocycles. The summed E-state index contributed by atoms with van der Waals surface area (Å²) >= 11 is 0. The predicted octanol–water partition coefficient (Wildman–Crippen LogP) is 2.55. The van der Waals surface area contributed by atoms with Crippen LogP contribution in [0.2, 0.25) is 0 Å². The van der Waals surface area contributed by atoms with Gasteiger partial charge >= 0.3 is 0 Å². The van der Waals surface area contributed by atoms with Crippen molar-refractivity contribution in [2.75, 3.05) is 19.6 Å². The van der Waals surface area contributed by atoms with Gasteiger partial charge in [0, 0.05) is 25.6 Å². The first kappa shape index (κ1) is 17.7. The summed E-state index contributed by atoms with van der Waals surface area (Å²) in [6.45, 7) is 6.73. The Morgan fingerprint density at radius 2 is 1.95 bits per heavy atom. The normalized spacial score (nSPS) is 28.0. The molecule has 0 aromatic heterocycles. The zero-order chi connectivity index (χ0) is 15.9. The molecule has 1 aliphatic carbocycles. The van der Waals surface area contributed by atoms with E-state index in [0.29, 0.717) is 18.4 Å². The number of aliphatic hydroxyl groups is 1. The van der Waals surface area contributed by atoms with Crippen LogP contribution in [0.15, 0.2) is 0 Å². The van der Waals surface area contributed by atoms with Crippen molar-refractivity contribution in [2.24, 2.45) is 11.8 Å². The smallest absolute Gasteiger partial charge is 0.222 e. The lowest BCUT2D eigenvalue weighted by molar-refractivity contribution is -0.133. The van der Waals surface area contributed by atoms with Crippen molar-refractivity contribution in [3.63, 3.8) is 0 Å². The maximum absolute atomic E-state index is 12.1. The molecule has 4 heteroatoms. The lowest BCUT2D eigenvalue weighted by atomic mass is 9.88. The van der Waals surface area contributed by atoms with Gasteiger partial charge in [0.05, 0.1) is 6.10 Å². The van der Waals surface area contributed by atoms with Crippen LogP contribution in [-0.4, -0.2) is 47.7 Å². The molecule has 1 saturated heterocycles. The highest BCUT2D eigenvalue weighted by Gasteiger charge is 2.30. The van der Waals surface area contributed by atoms with E-state index in [-0.39, 0.29) is 12.0 Å². The van der Waals surface area contributed by atoms with E-state index in [1.165, 1.54) is 25.7 Å². The molecule has 1 heterocycles. The van der Waals surface area contributed by atoms with E-state index in [2.05, 4.69) is 5.32 Å². The number of carbonyl (C=O) groups is 1. The number of piperidine rings is 1. The highest BCUT2D eigenvalue weighted by atomic mass is 16.3. The molecular weight excluding hydrogens is 276 g/mol. The average Bonchev–Trinajstić information content (AvgIpc) is 3.05. The summed E-state index contributed by atoms with van der Waals surface area (Å²) < 4.78 is 0. The van der Waals surface area contributed by atoms with Gasteiger partial charge in [0.15, 0.2) is 0 Å². The quantitative estimate of drug-likeness (QED) is 0.760. The number of likely N-dealkylation sites (tertiary alicyclic amines) is 1. The molecule has 22 heavy (non-hydrogen) atoms. The second kappa shape index (κ2) is 8.88. The van der Waals surface area contributed by atoms with Crippen molar-refractivity contribution in [2.45, 2.75) is 77.4 Å². The second-order valence-electron chi connectivity index (χ2n) is 7.31. The maximum Gasteiger partial charge on any atom is 0.222 e. The van der Waals surface area contributed by atoms with Crippen molar-refractivity contribution in [1.82, 2.24) is 10.2 Å². The Balaban J connectivity index is 1.87. The molecule has 2 rings (SSSR count). The summed E-state index contributed by atoms with van der Waals surface area (Å²) in [5.41, 5.74) is 0. The van der Waals surface area contributed by atoms with Crippen LogP contribution in [0.5, 0.6) is 0 Å². The average molecular weight is 310 g/mol. The minimum absolute atomic E-state index is 0.225. The van der Waals surface area contributed by atoms with Crippen molar-refractivity contribution in [3.8, 4) is 0 Å². The van der Waals surface area contributed by atoms with Crippen molar-refractivity contribution in [1.29, 1.82) is 0 Å². The molecule has 4 nitrogen and oxygen atoms in total. The zero-order valence-corrected chi connectivity index (χ0v) is 14.4. The summed E-state index contributed by atoms with van der Waals surface area (Å²) in [6, 6.07) is 0.402. The number of nitrogens with one attached hydrogen (secondary N) is 1. The Hall–Kier alpha value is -0.610. The van der Waals surface area contributed by atoms with Gasteiger partial charge in [0.1, 0.15) is 0 Å². The molecule has 1 saturated carbocycles. The summed E-state index contributed by atoms with van der Waals surface area (Å²) in [5, 5.41) is 13.7. The fourth-order valence-corrected chi connectivity index (χ4v) is 4.05. The maximum atomic E-state index is 12.1. The Morgan fingerprint density at radius 3 is 2.59 bits per heavy atom. The van der Waals surface area contributed by atoms with Crippen LogP contribution in [-0.2, 0) is 4.79 Å². The van der Waals surface area contributed by atoms with Gasteiger partial charge in [-0.25, -0.2) is 0 Å². The Morgan fingerprint density at radius 1 is 1.23 bits per heavy atom. The first-order valence-electron chi connectivity index (χ1n) is 9.31. The van der Waals surface area contributed by atoms with Crippen LogP contribution >= 0.6 is 0 Å². The number of carbonyl (C=O) groups excluding carboxylic acids is 1. The molecule has 0 aromatic rings. The van der Waals surface area contributed by atoms with Gasteiger partial charge in [0.2, 0.25) is 5.91 Å². The molecule has 0 radical (unpaired) electrons. The largest absolute Gasteiger partial charge is 0.393 e. The molecule has 2 N–H and O–H groups in total. The van der Waals surface area contributed by atoms with E-state index in [1.54, 1.807) is 0 Å². The molecule has 3 atom stereocenters. The summed E-state index contributed by atoms with van der Waals surface area (Å²) in [5.74, 6) is 1.51. The molecule has 128 valence electrons. The number of rotatable bonds is 7. The van der Waals surface area contributed by atoms with Gasteiger partial charge in [-0.1, -0.05) is 26.7 Å². The third-order valence-corrected chi connectivity index (χ3v) is 5.44. The van der Waals surface area contributed by atoms with Crippen molar-refractivity contribution >= 4 is 5.91 Å². The molecule has 0 bridgehead atoms. The van der Waals surface area contributed by atoms with Gasteiger partial charge in [-0.3, -0.25) is 4.79 Å². The lowest BCUT2D eigenvalue weighted by Gasteiger charge is -2.39. The third kappa shape index (κ3) is 5.24. The van der Waals surface area contributed by atoms with E-state index in [1.807, 2.05) is 18.7 Å². The van der Waals surface area contributed by atoms with E-state index < -0.39 is 0 Å². The molecule has 0 aromatic carbocycles. The zero-order valence-electron chi connectivity index (χ0n) is 14.4. The van der Waals surface area contributed by atoms with Crippen molar-refractivity contribution in [3.05, 3.63) is 0 Å². The Labute approximate surface area is 135 Å². The van der Waals surface area contributed by atoms with Crippen molar-refractivity contribution < 1.29 is 9.90 Å². The Bertz CT molecular complexity index is 342. The van der Waals surface area contributed by atoms with E-state index >= 15 is 0 Å². The van der Waals surface area contributed by atoms with Gasteiger partial charge < -0.3 is 15.3 Å². The molecular formula is C18H34N2O2. The first-order valence-corrected chi connectivity index (χ1v) is 9.31. The van der Waals surface area contributed by atoms with Crippen LogP contribution in [0.3, 0.4) is 0 Å². The standard InChI is InChI=1S/C18H34N2O2/c1-3-17(21)10-15-9-16(13-20(12-15)18(22)4-2)19-11-14-7-5-6-8-14/h14-17,19,21H,3-13H2,1-2H3. The minimum Gasteiger partial charge on any atom is -0.393 e. The summed E-state index contributed by atoms with van der Waals surface area (Å²) in [7, 11) is 0. The molecule has 0 spiro atoms. The molecule has 3 unspecified atom stereocenters. The van der Waals surface area contributed by atoms with Crippen LogP contribution in [0.4, 0.5) is 0 Å². The SMILES string of the molecule is CCC(=O)N1CC(CC(O)CC)CC(NCC2CCCC2)C1. The fraction of sp³-hybridized carbons (Fsp3) is 0.944. The summed E-state index contributed by atoms with van der Waals surface area (Å²) in [6.07, 6.45) is 8.55. The predicted molar refractivity (Wildman–Crippen MR) is 89.6 cm³/mol. The second-order valence-corrected chi connectivity index (χ2v) is 7.31. The highest BCUT2D eigenvalue weighted by Crippen LogP contribution is 2.26. The third-order valence-electron chi connectivity index (χ3n) is 5.44. The fourth-order valence-electron chi connectivity index (χ4n) is 4.05. The number of amides is 1. The lowest BCUT2D eigenvalue weighted by Crippen LogP contribution is -2.52. The van der Waals surface area contributed by atoms with Crippen LogP contribution in [0, 0.1) is 11.8 Å². The van der Waals surface area contributed by atoms with Gasteiger partial charge in [0.25, 0.3) is 0 Å². The minimum atomic E-state index is -0.225. The van der Waals surface area contributed by atoms with E-state index in [4.69, 9.17) is 0 Å². The van der Waals surface area contributed by atoms with E-state index in [0.717, 1.165) is 44.8 Å². The number of aliphatic hydroxyl groups excluding tert-OH is 1. The molecule has 1 amide bonds. The number of hydrogen-bond donors (Lipinski definition) is 2. The van der Waals surface area contributed by atoms with E-state index in [9.17, 15) is 9.90 Å². The van der Waals surface area contributed by atoms with Gasteiger partial charge in [-0.2, -0.15) is 0 Å².